The van der Waals surface area contributed by atoms with Crippen LogP contribution in [0.2, 0.25) is 0 Å². The molecule has 0 radical (unpaired) electrons. The van der Waals surface area contributed by atoms with Crippen LogP contribution in [0.15, 0.2) is 42.5 Å². The maximum atomic E-state index is 12.5. The molecule has 2 aromatic rings. The Morgan fingerprint density at radius 3 is 2.64 bits per heavy atom. The van der Waals surface area contributed by atoms with Gasteiger partial charge >= 0.3 is 0 Å². The molecule has 0 aliphatic carbocycles. The zero-order chi connectivity index (χ0) is 18.0. The van der Waals surface area contributed by atoms with Crippen molar-refractivity contribution in [2.45, 2.75) is 13.0 Å². The number of carbonyl (C=O) groups excluding carboxylic acids is 1. The first kappa shape index (κ1) is 17.4. The van der Waals surface area contributed by atoms with Crippen molar-refractivity contribution in [3.05, 3.63) is 59.2 Å². The zero-order valence-corrected chi connectivity index (χ0v) is 15.0. The Morgan fingerprint density at radius 1 is 1.16 bits per heavy atom. The van der Waals surface area contributed by atoms with Crippen LogP contribution in [-0.2, 0) is 23.0 Å². The molecule has 25 heavy (non-hydrogen) atoms. The van der Waals surface area contributed by atoms with Crippen molar-refractivity contribution in [3.63, 3.8) is 0 Å². The number of sulfonamides is 1. The van der Waals surface area contributed by atoms with E-state index in [2.05, 4.69) is 5.32 Å². The molecule has 0 bridgehead atoms. The number of carbonyl (C=O) groups is 1. The second kappa shape index (κ2) is 6.85. The molecule has 1 aliphatic rings. The molecule has 1 N–H and O–H groups in total. The highest BCUT2D eigenvalue weighted by molar-refractivity contribution is 7.88. The van der Waals surface area contributed by atoms with E-state index in [4.69, 9.17) is 4.74 Å². The number of methoxy groups -OCH3 is 1. The smallest absolute Gasteiger partial charge is 0.259 e. The summed E-state index contributed by atoms with van der Waals surface area (Å²) in [7, 11) is -1.71. The largest absolute Gasteiger partial charge is 0.496 e. The number of ether oxygens (including phenoxy) is 1. The molecule has 0 saturated carbocycles. The molecule has 6 nitrogen and oxygen atoms in total. The second-order valence-corrected chi connectivity index (χ2v) is 7.97. The van der Waals surface area contributed by atoms with Gasteiger partial charge in [0.05, 0.1) is 18.9 Å². The number of benzene rings is 2. The molecule has 2 aromatic carbocycles. The van der Waals surface area contributed by atoms with Crippen LogP contribution in [0.25, 0.3) is 0 Å². The number of fused-ring (bicyclic) bond motifs is 1. The van der Waals surface area contributed by atoms with Crippen molar-refractivity contribution in [1.29, 1.82) is 0 Å². The Bertz CT molecular complexity index is 909. The van der Waals surface area contributed by atoms with E-state index in [9.17, 15) is 13.2 Å². The summed E-state index contributed by atoms with van der Waals surface area (Å²) in [4.78, 5) is 12.5. The van der Waals surface area contributed by atoms with Gasteiger partial charge in [0, 0.05) is 18.8 Å². The topological polar surface area (TPSA) is 75.7 Å². The minimum atomic E-state index is -3.23. The number of nitrogens with one attached hydrogen (secondary N) is 1. The van der Waals surface area contributed by atoms with Gasteiger partial charge in [0.1, 0.15) is 5.75 Å². The minimum absolute atomic E-state index is 0.270. The fourth-order valence-corrected chi connectivity index (χ4v) is 3.72. The molecule has 1 heterocycles. The van der Waals surface area contributed by atoms with Crippen LogP contribution in [0.3, 0.4) is 0 Å². The fourth-order valence-electron chi connectivity index (χ4n) is 2.92. The van der Waals surface area contributed by atoms with Gasteiger partial charge in [0.15, 0.2) is 0 Å². The van der Waals surface area contributed by atoms with Gasteiger partial charge in [0.2, 0.25) is 10.0 Å². The van der Waals surface area contributed by atoms with Gasteiger partial charge in [-0.3, -0.25) is 4.79 Å². The van der Waals surface area contributed by atoms with Crippen molar-refractivity contribution in [1.82, 2.24) is 4.31 Å². The lowest BCUT2D eigenvalue weighted by molar-refractivity contribution is 0.102. The standard InChI is InChI=1S/C18H20N2O4S/c1-24-17-6-4-3-5-16(17)18(21)19-15-8-7-13-9-10-20(25(2,22)23)12-14(13)11-15/h3-8,11H,9-10,12H2,1-2H3,(H,19,21). The average Bonchev–Trinajstić information content (AvgIpc) is 2.60. The Morgan fingerprint density at radius 2 is 1.92 bits per heavy atom. The minimum Gasteiger partial charge on any atom is -0.496 e. The summed E-state index contributed by atoms with van der Waals surface area (Å²) in [6.07, 6.45) is 1.88. The Balaban J connectivity index is 1.82. The molecule has 3 rings (SSSR count). The number of hydrogen-bond acceptors (Lipinski definition) is 4. The lowest BCUT2D eigenvalue weighted by atomic mass is 10.0. The average molecular weight is 360 g/mol. The molecule has 132 valence electrons. The summed E-state index contributed by atoms with van der Waals surface area (Å²) in [5.41, 5.74) is 3.09. The van der Waals surface area contributed by atoms with E-state index in [1.54, 1.807) is 24.3 Å². The predicted octanol–water partition coefficient (Wildman–Crippen LogP) is 2.27. The SMILES string of the molecule is COc1ccccc1C(=O)Nc1ccc2c(c1)CN(S(C)(=O)=O)CC2. The van der Waals surface area contributed by atoms with E-state index >= 15 is 0 Å². The highest BCUT2D eigenvalue weighted by Crippen LogP contribution is 2.25. The van der Waals surface area contributed by atoms with Crippen molar-refractivity contribution in [2.75, 3.05) is 25.2 Å². The quantitative estimate of drug-likeness (QED) is 0.907. The van der Waals surface area contributed by atoms with Crippen LogP contribution >= 0.6 is 0 Å². The van der Waals surface area contributed by atoms with Crippen molar-refractivity contribution >= 4 is 21.6 Å². The van der Waals surface area contributed by atoms with Gasteiger partial charge in [-0.2, -0.15) is 4.31 Å². The molecule has 7 heteroatoms. The van der Waals surface area contributed by atoms with Gasteiger partial charge in [-0.15, -0.1) is 0 Å². The van der Waals surface area contributed by atoms with Crippen molar-refractivity contribution in [2.24, 2.45) is 0 Å². The van der Waals surface area contributed by atoms with Gasteiger partial charge in [0.25, 0.3) is 5.91 Å². The molecular formula is C18H20N2O4S. The Hall–Kier alpha value is -2.38. The Labute approximate surface area is 147 Å². The molecule has 0 spiro atoms. The van der Waals surface area contributed by atoms with Crippen LogP contribution in [-0.4, -0.2) is 38.5 Å². The molecular weight excluding hydrogens is 340 g/mol. The zero-order valence-electron chi connectivity index (χ0n) is 14.2. The fraction of sp³-hybridized carbons (Fsp3) is 0.278. The summed E-state index contributed by atoms with van der Waals surface area (Å²) in [6, 6.07) is 12.6. The first-order valence-electron chi connectivity index (χ1n) is 7.90. The Kier molecular flexibility index (Phi) is 4.78. The lowest BCUT2D eigenvalue weighted by Crippen LogP contribution is -2.35. The van der Waals surface area contributed by atoms with E-state index in [-0.39, 0.29) is 5.91 Å². The third-order valence-electron chi connectivity index (χ3n) is 4.26. The molecule has 0 atom stereocenters. The second-order valence-electron chi connectivity index (χ2n) is 5.98. The maximum Gasteiger partial charge on any atom is 0.259 e. The van der Waals surface area contributed by atoms with Gasteiger partial charge in [-0.1, -0.05) is 18.2 Å². The normalized spacial score (nSPS) is 14.6. The van der Waals surface area contributed by atoms with Crippen LogP contribution in [0.4, 0.5) is 5.69 Å². The number of hydrogen-bond donors (Lipinski definition) is 1. The number of para-hydroxylation sites is 1. The summed E-state index contributed by atoms with van der Waals surface area (Å²) in [5, 5.41) is 2.85. The van der Waals surface area contributed by atoms with Gasteiger partial charge < -0.3 is 10.1 Å². The number of amides is 1. The van der Waals surface area contributed by atoms with Gasteiger partial charge in [-0.25, -0.2) is 8.42 Å². The summed E-state index contributed by atoms with van der Waals surface area (Å²) < 4.78 is 30.2. The lowest BCUT2D eigenvalue weighted by Gasteiger charge is -2.27. The van der Waals surface area contributed by atoms with E-state index < -0.39 is 10.0 Å². The monoisotopic (exact) mass is 360 g/mol. The van der Waals surface area contributed by atoms with Crippen LogP contribution in [0.1, 0.15) is 21.5 Å². The third kappa shape index (κ3) is 3.83. The summed E-state index contributed by atoms with van der Waals surface area (Å²) in [6.45, 7) is 0.811. The van der Waals surface area contributed by atoms with Crippen LogP contribution < -0.4 is 10.1 Å². The van der Waals surface area contributed by atoms with E-state index in [0.717, 1.165) is 11.1 Å². The molecule has 0 unspecified atom stereocenters. The maximum absolute atomic E-state index is 12.5. The first-order chi connectivity index (χ1) is 11.9. The van der Waals surface area contributed by atoms with E-state index in [1.807, 2.05) is 18.2 Å². The molecule has 1 amide bonds. The van der Waals surface area contributed by atoms with E-state index in [0.29, 0.717) is 36.5 Å². The van der Waals surface area contributed by atoms with Gasteiger partial charge in [-0.05, 0) is 41.8 Å². The molecule has 1 aliphatic heterocycles. The third-order valence-corrected chi connectivity index (χ3v) is 5.51. The summed E-state index contributed by atoms with van der Waals surface area (Å²) in [5.74, 6) is 0.231. The molecule has 0 fully saturated rings. The summed E-state index contributed by atoms with van der Waals surface area (Å²) >= 11 is 0. The van der Waals surface area contributed by atoms with E-state index in [1.165, 1.54) is 17.7 Å². The first-order valence-corrected chi connectivity index (χ1v) is 9.74. The van der Waals surface area contributed by atoms with Crippen molar-refractivity contribution in [3.8, 4) is 5.75 Å². The van der Waals surface area contributed by atoms with Crippen LogP contribution in [0.5, 0.6) is 5.75 Å². The highest BCUT2D eigenvalue weighted by atomic mass is 32.2. The van der Waals surface area contributed by atoms with Crippen LogP contribution in [0, 0.1) is 0 Å². The number of nitrogens with zero attached hydrogens (tertiary/aromatic N) is 1. The number of rotatable bonds is 4. The van der Waals surface area contributed by atoms with Crippen molar-refractivity contribution < 1.29 is 17.9 Å². The number of anilines is 1. The molecule has 0 saturated heterocycles. The highest BCUT2D eigenvalue weighted by Gasteiger charge is 2.23. The molecule has 0 aromatic heterocycles. The predicted molar refractivity (Wildman–Crippen MR) is 96.3 cm³/mol.